The van der Waals surface area contributed by atoms with Crippen LogP contribution >= 0.6 is 11.6 Å². The van der Waals surface area contributed by atoms with Gasteiger partial charge in [0.2, 0.25) is 0 Å². The highest BCUT2D eigenvalue weighted by Gasteiger charge is 2.12. The van der Waals surface area contributed by atoms with Crippen molar-refractivity contribution < 1.29 is 9.47 Å². The fraction of sp³-hybridized carbons (Fsp3) is 0.333. The van der Waals surface area contributed by atoms with Gasteiger partial charge in [0.25, 0.3) is 0 Å². The number of rotatable bonds is 6. The van der Waals surface area contributed by atoms with Crippen LogP contribution in [0.25, 0.3) is 0 Å². The third kappa shape index (κ3) is 3.55. The summed E-state index contributed by atoms with van der Waals surface area (Å²) in [4.78, 5) is 8.31. The minimum absolute atomic E-state index is 0.474. The number of anilines is 2. The maximum atomic E-state index is 6.15. The van der Waals surface area contributed by atoms with Crippen molar-refractivity contribution in [1.29, 1.82) is 0 Å². The number of nitrogens with zero attached hydrogens (tertiary/aromatic N) is 2. The van der Waals surface area contributed by atoms with Crippen LogP contribution in [0.3, 0.4) is 0 Å². The van der Waals surface area contributed by atoms with E-state index in [1.807, 2.05) is 18.2 Å². The highest BCUT2D eigenvalue weighted by atomic mass is 35.5. The fourth-order valence-corrected chi connectivity index (χ4v) is 2.23. The molecule has 21 heavy (non-hydrogen) atoms. The molecule has 0 aliphatic carbocycles. The lowest BCUT2D eigenvalue weighted by Gasteiger charge is -2.14. The smallest absolute Gasteiger partial charge is 0.146 e. The van der Waals surface area contributed by atoms with Gasteiger partial charge in [-0.3, -0.25) is 0 Å². The van der Waals surface area contributed by atoms with Crippen molar-refractivity contribution in [2.24, 2.45) is 0 Å². The maximum absolute atomic E-state index is 6.15. The highest BCUT2D eigenvalue weighted by Crippen LogP contribution is 2.33. The van der Waals surface area contributed by atoms with E-state index >= 15 is 0 Å². The SMILES string of the molecule is CCCc1c(Cl)ncnc1Nc1ccc(OC)cc1OC. The molecule has 0 fully saturated rings. The lowest BCUT2D eigenvalue weighted by atomic mass is 10.2. The standard InChI is InChI=1S/C15H18ClN3O2/c1-4-5-11-14(16)17-9-18-15(11)19-12-7-6-10(20-2)8-13(12)21-3/h6-9H,4-5H2,1-3H3,(H,17,18,19). The lowest BCUT2D eigenvalue weighted by molar-refractivity contribution is 0.395. The molecule has 5 nitrogen and oxygen atoms in total. The Bertz CT molecular complexity index is 620. The molecule has 0 saturated heterocycles. The minimum atomic E-state index is 0.474. The second-order valence-corrected chi connectivity index (χ2v) is 4.79. The molecule has 0 spiro atoms. The van der Waals surface area contributed by atoms with Crippen molar-refractivity contribution in [3.8, 4) is 11.5 Å². The molecular formula is C15H18ClN3O2. The number of aromatic nitrogens is 2. The molecule has 2 rings (SSSR count). The molecule has 1 heterocycles. The van der Waals surface area contributed by atoms with Gasteiger partial charge in [0.1, 0.15) is 28.8 Å². The predicted molar refractivity (Wildman–Crippen MR) is 83.9 cm³/mol. The first-order valence-corrected chi connectivity index (χ1v) is 7.05. The zero-order valence-electron chi connectivity index (χ0n) is 12.3. The van der Waals surface area contributed by atoms with Gasteiger partial charge in [0.15, 0.2) is 0 Å². The first kappa shape index (κ1) is 15.4. The lowest BCUT2D eigenvalue weighted by Crippen LogP contribution is -2.03. The molecule has 6 heteroatoms. The summed E-state index contributed by atoms with van der Waals surface area (Å²) in [6.07, 6.45) is 3.21. The highest BCUT2D eigenvalue weighted by molar-refractivity contribution is 6.30. The second kappa shape index (κ2) is 7.13. The summed E-state index contributed by atoms with van der Waals surface area (Å²) < 4.78 is 10.6. The van der Waals surface area contributed by atoms with Crippen molar-refractivity contribution in [2.75, 3.05) is 19.5 Å². The fourth-order valence-electron chi connectivity index (χ4n) is 2.00. The third-order valence-corrected chi connectivity index (χ3v) is 3.38. The largest absolute Gasteiger partial charge is 0.497 e. The van der Waals surface area contributed by atoms with Crippen LogP contribution in [0.4, 0.5) is 11.5 Å². The predicted octanol–water partition coefficient (Wildman–Crippen LogP) is 3.84. The molecule has 0 bridgehead atoms. The molecule has 1 aromatic heterocycles. The van der Waals surface area contributed by atoms with Crippen molar-refractivity contribution in [3.05, 3.63) is 35.2 Å². The number of nitrogens with one attached hydrogen (secondary N) is 1. The van der Waals surface area contributed by atoms with Crippen LogP contribution in [0.2, 0.25) is 5.15 Å². The Labute approximate surface area is 129 Å². The van der Waals surface area contributed by atoms with Gasteiger partial charge in [-0.1, -0.05) is 24.9 Å². The normalized spacial score (nSPS) is 10.3. The molecule has 0 radical (unpaired) electrons. The molecule has 1 aromatic carbocycles. The third-order valence-electron chi connectivity index (χ3n) is 3.05. The first-order chi connectivity index (χ1) is 10.2. The summed E-state index contributed by atoms with van der Waals surface area (Å²) in [7, 11) is 3.23. The van der Waals surface area contributed by atoms with E-state index in [9.17, 15) is 0 Å². The first-order valence-electron chi connectivity index (χ1n) is 6.68. The quantitative estimate of drug-likeness (QED) is 0.822. The van der Waals surface area contributed by atoms with Crippen LogP contribution in [0, 0.1) is 0 Å². The van der Waals surface area contributed by atoms with Gasteiger partial charge in [-0.05, 0) is 18.6 Å². The summed E-state index contributed by atoms with van der Waals surface area (Å²) in [5, 5.41) is 3.73. The van der Waals surface area contributed by atoms with E-state index in [1.165, 1.54) is 6.33 Å². The van der Waals surface area contributed by atoms with E-state index in [1.54, 1.807) is 14.2 Å². The molecule has 0 unspecified atom stereocenters. The van der Waals surface area contributed by atoms with Gasteiger partial charge in [-0.25, -0.2) is 9.97 Å². The van der Waals surface area contributed by atoms with Gasteiger partial charge in [-0.2, -0.15) is 0 Å². The molecule has 2 aromatic rings. The molecule has 0 atom stereocenters. The molecule has 112 valence electrons. The van der Waals surface area contributed by atoms with Gasteiger partial charge < -0.3 is 14.8 Å². The number of benzene rings is 1. The van der Waals surface area contributed by atoms with Gasteiger partial charge in [0.05, 0.1) is 19.9 Å². The molecule has 0 saturated carbocycles. The van der Waals surface area contributed by atoms with Crippen LogP contribution in [-0.2, 0) is 6.42 Å². The molecule has 0 aliphatic rings. The van der Waals surface area contributed by atoms with Crippen LogP contribution in [0.1, 0.15) is 18.9 Å². The Hall–Kier alpha value is -2.01. The summed E-state index contributed by atoms with van der Waals surface area (Å²) in [6, 6.07) is 5.54. The van der Waals surface area contributed by atoms with E-state index < -0.39 is 0 Å². The van der Waals surface area contributed by atoms with E-state index in [0.29, 0.717) is 16.7 Å². The zero-order chi connectivity index (χ0) is 15.2. The second-order valence-electron chi connectivity index (χ2n) is 4.43. The summed E-state index contributed by atoms with van der Waals surface area (Å²) in [6.45, 7) is 2.08. The van der Waals surface area contributed by atoms with E-state index in [2.05, 4.69) is 22.2 Å². The Morgan fingerprint density at radius 3 is 2.67 bits per heavy atom. The van der Waals surface area contributed by atoms with Crippen molar-refractivity contribution in [2.45, 2.75) is 19.8 Å². The molecule has 0 amide bonds. The van der Waals surface area contributed by atoms with Crippen LogP contribution in [0.15, 0.2) is 24.5 Å². The Kier molecular flexibility index (Phi) is 5.22. The number of hydrogen-bond donors (Lipinski definition) is 1. The topological polar surface area (TPSA) is 56.3 Å². The number of halogens is 1. The van der Waals surface area contributed by atoms with Crippen molar-refractivity contribution >= 4 is 23.1 Å². The molecular weight excluding hydrogens is 290 g/mol. The number of ether oxygens (including phenoxy) is 2. The summed E-state index contributed by atoms with van der Waals surface area (Å²) in [5.74, 6) is 2.10. The van der Waals surface area contributed by atoms with E-state index in [4.69, 9.17) is 21.1 Å². The molecule has 0 aliphatic heterocycles. The number of methoxy groups -OCH3 is 2. The van der Waals surface area contributed by atoms with Crippen molar-refractivity contribution in [1.82, 2.24) is 9.97 Å². The Morgan fingerprint density at radius 2 is 2.00 bits per heavy atom. The Balaban J connectivity index is 2.36. The number of hydrogen-bond acceptors (Lipinski definition) is 5. The Morgan fingerprint density at radius 1 is 1.19 bits per heavy atom. The van der Waals surface area contributed by atoms with Crippen LogP contribution < -0.4 is 14.8 Å². The summed E-state index contributed by atoms with van der Waals surface area (Å²) in [5.41, 5.74) is 1.70. The van der Waals surface area contributed by atoms with Gasteiger partial charge in [-0.15, -0.1) is 0 Å². The van der Waals surface area contributed by atoms with E-state index in [0.717, 1.165) is 29.8 Å². The average Bonchev–Trinajstić information content (AvgIpc) is 2.51. The minimum Gasteiger partial charge on any atom is -0.497 e. The zero-order valence-corrected chi connectivity index (χ0v) is 13.1. The monoisotopic (exact) mass is 307 g/mol. The van der Waals surface area contributed by atoms with Crippen LogP contribution in [0.5, 0.6) is 11.5 Å². The van der Waals surface area contributed by atoms with Crippen LogP contribution in [-0.4, -0.2) is 24.2 Å². The average molecular weight is 308 g/mol. The van der Waals surface area contributed by atoms with Gasteiger partial charge in [0, 0.05) is 11.6 Å². The van der Waals surface area contributed by atoms with Crippen molar-refractivity contribution in [3.63, 3.8) is 0 Å². The maximum Gasteiger partial charge on any atom is 0.146 e. The van der Waals surface area contributed by atoms with Gasteiger partial charge >= 0.3 is 0 Å². The summed E-state index contributed by atoms with van der Waals surface area (Å²) >= 11 is 6.15. The molecule has 1 N–H and O–H groups in total. The van der Waals surface area contributed by atoms with E-state index in [-0.39, 0.29) is 0 Å².